The monoisotopic (exact) mass is 285 g/mol. The van der Waals surface area contributed by atoms with E-state index in [0.29, 0.717) is 12.8 Å². The van der Waals surface area contributed by atoms with Gasteiger partial charge in [-0.2, -0.15) is 0 Å². The number of allylic oxidation sites excluding steroid dienone is 1. The molecule has 0 bridgehead atoms. The quantitative estimate of drug-likeness (QED) is 0.863. The van der Waals surface area contributed by atoms with Crippen LogP contribution >= 0.6 is 0 Å². The molecule has 21 heavy (non-hydrogen) atoms. The van der Waals surface area contributed by atoms with E-state index in [0.717, 1.165) is 17.4 Å². The number of hydrogen-bond acceptors (Lipinski definition) is 2. The van der Waals surface area contributed by atoms with Crippen LogP contribution in [0.5, 0.6) is 0 Å². The molecule has 3 nitrogen and oxygen atoms in total. The third-order valence-corrected chi connectivity index (χ3v) is 3.68. The summed E-state index contributed by atoms with van der Waals surface area (Å²) in [4.78, 5) is 23.4. The van der Waals surface area contributed by atoms with Crippen molar-refractivity contribution in [2.24, 2.45) is 5.92 Å². The van der Waals surface area contributed by atoms with Gasteiger partial charge in [-0.05, 0) is 44.2 Å². The minimum atomic E-state index is -0.262. The molecule has 0 spiro atoms. The molecule has 0 aromatic heterocycles. The average Bonchev–Trinajstić information content (AvgIpc) is 2.42. The Morgan fingerprint density at radius 1 is 1.29 bits per heavy atom. The first-order chi connectivity index (χ1) is 9.92. The smallest absolute Gasteiger partial charge is 0.228 e. The highest BCUT2D eigenvalue weighted by Gasteiger charge is 2.33. The van der Waals surface area contributed by atoms with Gasteiger partial charge in [0.15, 0.2) is 0 Å². The van der Waals surface area contributed by atoms with Crippen molar-refractivity contribution < 1.29 is 9.59 Å². The second-order valence-electron chi connectivity index (χ2n) is 6.61. The molecular formula is C18H23NO2. The van der Waals surface area contributed by atoms with E-state index in [1.54, 1.807) is 0 Å². The molecule has 112 valence electrons. The van der Waals surface area contributed by atoms with Gasteiger partial charge >= 0.3 is 0 Å². The zero-order chi connectivity index (χ0) is 15.5. The summed E-state index contributed by atoms with van der Waals surface area (Å²) in [7, 11) is 0. The fraction of sp³-hybridized carbons (Fsp3) is 0.444. The summed E-state index contributed by atoms with van der Waals surface area (Å²) < 4.78 is 0. The zero-order valence-corrected chi connectivity index (χ0v) is 12.9. The van der Waals surface area contributed by atoms with Gasteiger partial charge in [0.2, 0.25) is 5.91 Å². The lowest BCUT2D eigenvalue weighted by Crippen LogP contribution is -2.45. The summed E-state index contributed by atoms with van der Waals surface area (Å²) in [6.45, 7) is 5.95. The van der Waals surface area contributed by atoms with Crippen LogP contribution in [-0.2, 0) is 9.59 Å². The van der Waals surface area contributed by atoms with Crippen LogP contribution in [0, 0.1) is 5.92 Å². The van der Waals surface area contributed by atoms with Gasteiger partial charge in [0.25, 0.3) is 0 Å². The SMILES string of the molecule is CC(C)(C)NC(=O)[C@H]1c2ccccc2C=C[C@@H]1CCC=O. The first-order valence-electron chi connectivity index (χ1n) is 7.45. The summed E-state index contributed by atoms with van der Waals surface area (Å²) in [5.74, 6) is -0.104. The molecule has 0 fully saturated rings. The Bertz CT molecular complexity index is 555. The van der Waals surface area contributed by atoms with E-state index in [1.807, 2.05) is 45.0 Å². The highest BCUT2D eigenvalue weighted by molar-refractivity contribution is 5.87. The van der Waals surface area contributed by atoms with E-state index in [4.69, 9.17) is 0 Å². The van der Waals surface area contributed by atoms with Gasteiger partial charge in [-0.15, -0.1) is 0 Å². The minimum Gasteiger partial charge on any atom is -0.351 e. The summed E-state index contributed by atoms with van der Waals surface area (Å²) in [5.41, 5.74) is 1.88. The molecule has 0 saturated carbocycles. The summed E-state index contributed by atoms with van der Waals surface area (Å²) in [5, 5.41) is 3.08. The van der Waals surface area contributed by atoms with Crippen LogP contribution in [0.4, 0.5) is 0 Å². The van der Waals surface area contributed by atoms with Gasteiger partial charge in [-0.25, -0.2) is 0 Å². The summed E-state index contributed by atoms with van der Waals surface area (Å²) in [6.07, 6.45) is 6.24. The molecule has 0 saturated heterocycles. The molecule has 0 aliphatic heterocycles. The fourth-order valence-electron chi connectivity index (χ4n) is 2.82. The van der Waals surface area contributed by atoms with E-state index in [-0.39, 0.29) is 23.3 Å². The summed E-state index contributed by atoms with van der Waals surface area (Å²) in [6, 6.07) is 7.98. The molecule has 3 heteroatoms. The number of fused-ring (bicyclic) bond motifs is 1. The largest absolute Gasteiger partial charge is 0.351 e. The molecule has 2 atom stereocenters. The van der Waals surface area contributed by atoms with Crippen molar-refractivity contribution in [1.82, 2.24) is 5.32 Å². The third kappa shape index (κ3) is 3.81. The Morgan fingerprint density at radius 2 is 2.00 bits per heavy atom. The number of benzene rings is 1. The fourth-order valence-corrected chi connectivity index (χ4v) is 2.82. The first-order valence-corrected chi connectivity index (χ1v) is 7.45. The van der Waals surface area contributed by atoms with Crippen LogP contribution in [-0.4, -0.2) is 17.7 Å². The number of rotatable bonds is 4. The molecule has 0 heterocycles. The van der Waals surface area contributed by atoms with E-state index < -0.39 is 0 Å². The standard InChI is InChI=1S/C18H23NO2/c1-18(2,3)19-17(21)16-14(8-6-12-20)11-10-13-7-4-5-9-15(13)16/h4-5,7,9-12,14,16H,6,8H2,1-3H3,(H,19,21)/t14-,16+/m0/s1. The van der Waals surface area contributed by atoms with Gasteiger partial charge in [0, 0.05) is 12.0 Å². The van der Waals surface area contributed by atoms with Crippen LogP contribution in [0.15, 0.2) is 30.3 Å². The number of nitrogens with one attached hydrogen (secondary N) is 1. The first kappa shape index (κ1) is 15.5. The molecule has 1 aliphatic carbocycles. The Morgan fingerprint density at radius 3 is 2.67 bits per heavy atom. The van der Waals surface area contributed by atoms with Crippen molar-refractivity contribution in [1.29, 1.82) is 0 Å². The normalized spacial score (nSPS) is 20.7. The molecule has 0 unspecified atom stereocenters. The number of carbonyl (C=O) groups is 2. The van der Waals surface area contributed by atoms with Gasteiger partial charge < -0.3 is 10.1 Å². The maximum absolute atomic E-state index is 12.7. The second-order valence-corrected chi connectivity index (χ2v) is 6.61. The molecule has 1 N–H and O–H groups in total. The van der Waals surface area contributed by atoms with Crippen LogP contribution in [0.3, 0.4) is 0 Å². The van der Waals surface area contributed by atoms with Crippen molar-refractivity contribution in [2.75, 3.05) is 0 Å². The molecule has 1 aromatic rings. The lowest BCUT2D eigenvalue weighted by Gasteiger charge is -2.31. The van der Waals surface area contributed by atoms with Crippen LogP contribution in [0.2, 0.25) is 0 Å². The highest BCUT2D eigenvalue weighted by Crippen LogP contribution is 2.36. The Balaban J connectivity index is 2.32. The predicted octanol–water partition coefficient (Wildman–Crippen LogP) is 3.31. The zero-order valence-electron chi connectivity index (χ0n) is 12.9. The van der Waals surface area contributed by atoms with Crippen molar-refractivity contribution in [3.05, 3.63) is 41.5 Å². The van der Waals surface area contributed by atoms with Gasteiger partial charge in [-0.3, -0.25) is 4.79 Å². The molecule has 2 rings (SSSR count). The molecule has 1 amide bonds. The molecule has 0 radical (unpaired) electrons. The number of amides is 1. The molecule has 1 aliphatic rings. The van der Waals surface area contributed by atoms with E-state index in [1.165, 1.54) is 0 Å². The van der Waals surface area contributed by atoms with Crippen molar-refractivity contribution in [3.8, 4) is 0 Å². The second kappa shape index (κ2) is 6.25. The lowest BCUT2D eigenvalue weighted by atomic mass is 9.76. The maximum Gasteiger partial charge on any atom is 0.228 e. The van der Waals surface area contributed by atoms with Crippen LogP contribution in [0.1, 0.15) is 50.7 Å². The van der Waals surface area contributed by atoms with Crippen molar-refractivity contribution in [3.63, 3.8) is 0 Å². The minimum absolute atomic E-state index is 0.0372. The highest BCUT2D eigenvalue weighted by atomic mass is 16.2. The lowest BCUT2D eigenvalue weighted by molar-refractivity contribution is -0.125. The average molecular weight is 285 g/mol. The van der Waals surface area contributed by atoms with Crippen LogP contribution in [0.25, 0.3) is 6.08 Å². The predicted molar refractivity (Wildman–Crippen MR) is 84.9 cm³/mol. The maximum atomic E-state index is 12.7. The van der Waals surface area contributed by atoms with Gasteiger partial charge in [0.1, 0.15) is 6.29 Å². The van der Waals surface area contributed by atoms with Crippen molar-refractivity contribution >= 4 is 18.3 Å². The Kier molecular flexibility index (Phi) is 4.61. The topological polar surface area (TPSA) is 46.2 Å². The van der Waals surface area contributed by atoms with E-state index >= 15 is 0 Å². The molecular weight excluding hydrogens is 262 g/mol. The number of hydrogen-bond donors (Lipinski definition) is 1. The molecule has 1 aromatic carbocycles. The van der Waals surface area contributed by atoms with E-state index in [9.17, 15) is 9.59 Å². The van der Waals surface area contributed by atoms with Gasteiger partial charge in [0.05, 0.1) is 5.92 Å². The van der Waals surface area contributed by atoms with Crippen LogP contribution < -0.4 is 5.32 Å². The Hall–Kier alpha value is -1.90. The van der Waals surface area contributed by atoms with Gasteiger partial charge in [-0.1, -0.05) is 36.4 Å². The number of carbonyl (C=O) groups excluding carboxylic acids is 2. The third-order valence-electron chi connectivity index (χ3n) is 3.68. The Labute approximate surface area is 126 Å². The van der Waals surface area contributed by atoms with Crippen molar-refractivity contribution in [2.45, 2.75) is 45.1 Å². The number of aldehydes is 1. The van der Waals surface area contributed by atoms with E-state index in [2.05, 4.69) is 17.5 Å². The summed E-state index contributed by atoms with van der Waals surface area (Å²) >= 11 is 0.